The number of thiophene rings is 1. The smallest absolute Gasteiger partial charge is 0.312 e. The zero-order valence-electron chi connectivity index (χ0n) is 9.05. The van der Waals surface area contributed by atoms with Crippen molar-refractivity contribution in [2.24, 2.45) is 5.73 Å². The number of hydrogen-bond acceptors (Lipinski definition) is 3. The van der Waals surface area contributed by atoms with Gasteiger partial charge in [0, 0.05) is 10.3 Å². The number of ether oxygens (including phenoxy) is 1. The highest BCUT2D eigenvalue weighted by atomic mass is 32.1. The Bertz CT molecular complexity index is 496. The Labute approximate surface area is 103 Å². The zero-order chi connectivity index (χ0) is 12.1. The van der Waals surface area contributed by atoms with E-state index in [0.717, 1.165) is 16.4 Å². The van der Waals surface area contributed by atoms with Crippen molar-refractivity contribution in [1.29, 1.82) is 0 Å². The third kappa shape index (κ3) is 3.49. The fourth-order valence-electron chi connectivity index (χ4n) is 1.31. The van der Waals surface area contributed by atoms with Crippen LogP contribution in [0.2, 0.25) is 0 Å². The lowest BCUT2D eigenvalue weighted by Crippen LogP contribution is -2.28. The van der Waals surface area contributed by atoms with E-state index in [4.69, 9.17) is 10.5 Å². The monoisotopic (exact) mass is 248 g/mol. The molecule has 0 bridgehead atoms. The molecule has 0 aliphatic rings. The molecule has 17 heavy (non-hydrogen) atoms. The average molecular weight is 248 g/mol. The third-order valence-electron chi connectivity index (χ3n) is 2.05. The second-order valence-electron chi connectivity index (χ2n) is 3.38. The van der Waals surface area contributed by atoms with Crippen molar-refractivity contribution in [3.63, 3.8) is 0 Å². The predicted molar refractivity (Wildman–Crippen MR) is 67.3 cm³/mol. The molecule has 0 saturated heterocycles. The number of para-hydroxylation sites is 1. The number of nitrogens with two attached hydrogens (primary N) is 1. The summed E-state index contributed by atoms with van der Waals surface area (Å²) in [4.78, 5) is 11.6. The van der Waals surface area contributed by atoms with Crippen LogP contribution in [0, 0.1) is 0 Å². The van der Waals surface area contributed by atoms with Crippen molar-refractivity contribution in [3.05, 3.63) is 46.7 Å². The normalized spacial score (nSPS) is 9.88. The molecule has 0 radical (unpaired) electrons. The number of carbonyl (C=O) groups excluding carboxylic acids is 1. The van der Waals surface area contributed by atoms with Crippen LogP contribution in [-0.2, 0) is 6.54 Å². The third-order valence-corrected chi connectivity index (χ3v) is 2.96. The lowest BCUT2D eigenvalue weighted by molar-refractivity contribution is 0.248. The van der Waals surface area contributed by atoms with Gasteiger partial charge in [-0.15, -0.1) is 11.3 Å². The van der Waals surface area contributed by atoms with Gasteiger partial charge in [0.2, 0.25) is 0 Å². The second-order valence-corrected chi connectivity index (χ2v) is 4.38. The molecule has 88 valence electrons. The molecular weight excluding hydrogens is 236 g/mol. The van der Waals surface area contributed by atoms with E-state index < -0.39 is 6.03 Å². The highest BCUT2D eigenvalue weighted by Gasteiger charge is 2.02. The Morgan fingerprint density at radius 3 is 2.76 bits per heavy atom. The molecular formula is C12H12N2O2S. The van der Waals surface area contributed by atoms with E-state index in [9.17, 15) is 4.79 Å². The second kappa shape index (κ2) is 5.36. The highest BCUT2D eigenvalue weighted by Crippen LogP contribution is 2.26. The van der Waals surface area contributed by atoms with Crippen LogP contribution in [-0.4, -0.2) is 6.03 Å². The van der Waals surface area contributed by atoms with E-state index in [2.05, 4.69) is 5.32 Å². The van der Waals surface area contributed by atoms with Crippen molar-refractivity contribution in [1.82, 2.24) is 5.32 Å². The molecule has 0 saturated carbocycles. The maximum absolute atomic E-state index is 10.6. The summed E-state index contributed by atoms with van der Waals surface area (Å²) < 4.78 is 5.63. The van der Waals surface area contributed by atoms with Crippen LogP contribution in [0.5, 0.6) is 11.5 Å². The van der Waals surface area contributed by atoms with E-state index in [-0.39, 0.29) is 0 Å². The highest BCUT2D eigenvalue weighted by molar-refractivity contribution is 7.10. The van der Waals surface area contributed by atoms with E-state index in [1.165, 1.54) is 11.3 Å². The quantitative estimate of drug-likeness (QED) is 0.873. The van der Waals surface area contributed by atoms with E-state index in [0.29, 0.717) is 6.54 Å². The maximum atomic E-state index is 10.6. The number of primary amides is 1. The Morgan fingerprint density at radius 2 is 2.06 bits per heavy atom. The molecule has 0 aliphatic carbocycles. The Hall–Kier alpha value is -2.01. The summed E-state index contributed by atoms with van der Waals surface area (Å²) in [6.45, 7) is 0.429. The number of nitrogens with one attached hydrogen (secondary N) is 1. The minimum absolute atomic E-state index is 0.429. The molecule has 1 aromatic heterocycles. The molecule has 3 N–H and O–H groups in total. The number of amides is 2. The Balaban J connectivity index is 1.97. The molecule has 1 aromatic carbocycles. The van der Waals surface area contributed by atoms with Crippen LogP contribution in [0.25, 0.3) is 0 Å². The topological polar surface area (TPSA) is 64.4 Å². The summed E-state index contributed by atoms with van der Waals surface area (Å²) in [5, 5.41) is 4.43. The van der Waals surface area contributed by atoms with Gasteiger partial charge in [0.25, 0.3) is 0 Å². The van der Waals surface area contributed by atoms with Gasteiger partial charge in [-0.05, 0) is 18.2 Å². The maximum Gasteiger partial charge on any atom is 0.312 e. The van der Waals surface area contributed by atoms with Gasteiger partial charge in [0.15, 0.2) is 0 Å². The van der Waals surface area contributed by atoms with Gasteiger partial charge >= 0.3 is 6.03 Å². The molecule has 0 spiro atoms. The van der Waals surface area contributed by atoms with Gasteiger partial charge in [0.05, 0.1) is 6.54 Å². The molecule has 2 aromatic rings. The number of carbonyl (C=O) groups is 1. The zero-order valence-corrected chi connectivity index (χ0v) is 9.87. The largest absolute Gasteiger partial charge is 0.456 e. The minimum atomic E-state index is -0.524. The fraction of sp³-hybridized carbons (Fsp3) is 0.0833. The summed E-state index contributed by atoms with van der Waals surface area (Å²) in [5.41, 5.74) is 4.99. The first-order valence-electron chi connectivity index (χ1n) is 5.07. The number of benzene rings is 1. The molecule has 1 heterocycles. The Kier molecular flexibility index (Phi) is 3.62. The lowest BCUT2D eigenvalue weighted by Gasteiger charge is -2.01. The average Bonchev–Trinajstić information content (AvgIpc) is 2.75. The van der Waals surface area contributed by atoms with Crippen LogP contribution >= 0.6 is 11.3 Å². The van der Waals surface area contributed by atoms with Gasteiger partial charge in [0.1, 0.15) is 11.5 Å². The number of urea groups is 1. The van der Waals surface area contributed by atoms with Crippen molar-refractivity contribution in [2.75, 3.05) is 0 Å². The van der Waals surface area contributed by atoms with Crippen LogP contribution in [0.15, 0.2) is 41.8 Å². The fourth-order valence-corrected chi connectivity index (χ4v) is 2.03. The SMILES string of the molecule is NC(=O)NCc1cc(Oc2ccccc2)cs1. The van der Waals surface area contributed by atoms with Crippen LogP contribution in [0.4, 0.5) is 4.79 Å². The van der Waals surface area contributed by atoms with Gasteiger partial charge in [-0.1, -0.05) is 18.2 Å². The van der Waals surface area contributed by atoms with Gasteiger partial charge in [-0.3, -0.25) is 0 Å². The Morgan fingerprint density at radius 1 is 1.29 bits per heavy atom. The lowest BCUT2D eigenvalue weighted by atomic mass is 10.3. The first-order chi connectivity index (χ1) is 8.24. The molecule has 2 amide bonds. The summed E-state index contributed by atoms with van der Waals surface area (Å²) in [6.07, 6.45) is 0. The van der Waals surface area contributed by atoms with Crippen molar-refractivity contribution in [2.45, 2.75) is 6.54 Å². The van der Waals surface area contributed by atoms with Crippen molar-refractivity contribution < 1.29 is 9.53 Å². The summed E-state index contributed by atoms with van der Waals surface area (Å²) in [5.74, 6) is 1.56. The number of hydrogen-bond donors (Lipinski definition) is 2. The summed E-state index contributed by atoms with van der Waals surface area (Å²) in [6, 6.07) is 10.9. The van der Waals surface area contributed by atoms with Crippen molar-refractivity contribution in [3.8, 4) is 11.5 Å². The van der Waals surface area contributed by atoms with Crippen LogP contribution < -0.4 is 15.8 Å². The predicted octanol–water partition coefficient (Wildman–Crippen LogP) is 2.71. The van der Waals surface area contributed by atoms with Gasteiger partial charge in [-0.2, -0.15) is 0 Å². The van der Waals surface area contributed by atoms with Crippen LogP contribution in [0.3, 0.4) is 0 Å². The molecule has 2 rings (SSSR count). The van der Waals surface area contributed by atoms with Crippen LogP contribution in [0.1, 0.15) is 4.88 Å². The molecule has 0 aliphatic heterocycles. The van der Waals surface area contributed by atoms with Gasteiger partial charge < -0.3 is 15.8 Å². The molecule has 0 atom stereocenters. The summed E-state index contributed by atoms with van der Waals surface area (Å²) >= 11 is 1.52. The molecule has 5 heteroatoms. The van der Waals surface area contributed by atoms with E-state index in [1.54, 1.807) is 0 Å². The van der Waals surface area contributed by atoms with Gasteiger partial charge in [-0.25, -0.2) is 4.79 Å². The molecule has 0 unspecified atom stereocenters. The molecule has 0 fully saturated rings. The number of rotatable bonds is 4. The minimum Gasteiger partial charge on any atom is -0.456 e. The van der Waals surface area contributed by atoms with E-state index >= 15 is 0 Å². The molecule has 4 nitrogen and oxygen atoms in total. The first-order valence-corrected chi connectivity index (χ1v) is 5.95. The first kappa shape index (κ1) is 11.5. The summed E-state index contributed by atoms with van der Waals surface area (Å²) in [7, 11) is 0. The van der Waals surface area contributed by atoms with E-state index in [1.807, 2.05) is 41.8 Å². The van der Waals surface area contributed by atoms with Crippen molar-refractivity contribution >= 4 is 17.4 Å². The standard InChI is InChI=1S/C12H12N2O2S/c13-12(15)14-7-11-6-10(8-17-11)16-9-4-2-1-3-5-9/h1-6,8H,7H2,(H3,13,14,15).